The molecule has 3 aromatic rings. The maximum absolute atomic E-state index is 12.8. The summed E-state index contributed by atoms with van der Waals surface area (Å²) in [5.41, 5.74) is 3.42. The molecule has 136 valence electrons. The van der Waals surface area contributed by atoms with Gasteiger partial charge in [0.25, 0.3) is 0 Å². The van der Waals surface area contributed by atoms with E-state index in [0.29, 0.717) is 15.6 Å². The summed E-state index contributed by atoms with van der Waals surface area (Å²) in [5, 5.41) is 0. The Balaban J connectivity index is 1.81. The highest BCUT2D eigenvalue weighted by atomic mass is 19.3. The number of hydrogen-bond acceptors (Lipinski definition) is 5. The molecule has 0 aliphatic rings. The van der Waals surface area contributed by atoms with Crippen LogP contribution in [0.1, 0.15) is 48.0 Å². The van der Waals surface area contributed by atoms with Crippen molar-refractivity contribution in [2.75, 3.05) is 0 Å². The van der Waals surface area contributed by atoms with Gasteiger partial charge in [-0.1, -0.05) is 13.8 Å². The fourth-order valence-electron chi connectivity index (χ4n) is 2.67. The normalized spacial score (nSPS) is 11.3. The number of halogens is 2. The van der Waals surface area contributed by atoms with Crippen molar-refractivity contribution in [2.24, 2.45) is 0 Å². The quantitative estimate of drug-likeness (QED) is 0.627. The van der Waals surface area contributed by atoms with E-state index in [1.54, 1.807) is 18.2 Å². The molecule has 0 aliphatic carbocycles. The topological polar surface area (TPSA) is 69.9 Å². The van der Waals surface area contributed by atoms with Crippen molar-refractivity contribution >= 4 is 17.0 Å². The average Bonchev–Trinajstić information content (AvgIpc) is 3.13. The van der Waals surface area contributed by atoms with Crippen molar-refractivity contribution in [3.05, 3.63) is 53.4 Å². The van der Waals surface area contributed by atoms with Crippen LogP contribution in [0.4, 0.5) is 8.78 Å². The fraction of sp³-hybridized carbons (Fsp3) is 0.333. The van der Waals surface area contributed by atoms with Crippen LogP contribution >= 0.6 is 0 Å². The lowest BCUT2D eigenvalue weighted by Gasteiger charge is -2.09. The van der Waals surface area contributed by atoms with Gasteiger partial charge >= 0.3 is 12.5 Å². The zero-order chi connectivity index (χ0) is 18.7. The third kappa shape index (κ3) is 3.54. The summed E-state index contributed by atoms with van der Waals surface area (Å²) in [6.45, 7) is 0.944. The van der Waals surface area contributed by atoms with E-state index in [9.17, 15) is 13.6 Å². The van der Waals surface area contributed by atoms with E-state index in [1.165, 1.54) is 6.20 Å². The van der Waals surface area contributed by atoms with E-state index in [2.05, 4.69) is 15.0 Å². The van der Waals surface area contributed by atoms with Gasteiger partial charge in [0.1, 0.15) is 6.61 Å². The van der Waals surface area contributed by atoms with Crippen molar-refractivity contribution in [1.29, 1.82) is 0 Å². The van der Waals surface area contributed by atoms with Crippen LogP contribution < -0.4 is 0 Å². The Kier molecular flexibility index (Phi) is 5.20. The number of hydrogen-bond donors (Lipinski definition) is 0. The molecule has 26 heavy (non-hydrogen) atoms. The summed E-state index contributed by atoms with van der Waals surface area (Å²) in [4.78, 5) is 25.2. The van der Waals surface area contributed by atoms with Crippen LogP contribution in [0.2, 0.25) is 0 Å². The third-order valence-corrected chi connectivity index (χ3v) is 4.02. The van der Waals surface area contributed by atoms with E-state index in [-0.39, 0.29) is 18.0 Å². The molecule has 0 aliphatic heterocycles. The minimum Gasteiger partial charge on any atom is -0.454 e. The molecule has 0 saturated carbocycles. The van der Waals surface area contributed by atoms with Crippen molar-refractivity contribution < 1.29 is 18.3 Å². The molecular formula is C18H18F2N4O2. The van der Waals surface area contributed by atoms with E-state index < -0.39 is 12.5 Å². The van der Waals surface area contributed by atoms with Crippen LogP contribution in [0.15, 0.2) is 30.6 Å². The van der Waals surface area contributed by atoms with E-state index >= 15 is 0 Å². The summed E-state index contributed by atoms with van der Waals surface area (Å²) < 4.78 is 31.3. The first-order chi connectivity index (χ1) is 12.5. The number of aromatic nitrogens is 4. The van der Waals surface area contributed by atoms with Gasteiger partial charge < -0.3 is 4.74 Å². The predicted molar refractivity (Wildman–Crippen MR) is 90.9 cm³/mol. The third-order valence-electron chi connectivity index (χ3n) is 4.02. The Morgan fingerprint density at radius 3 is 2.50 bits per heavy atom. The number of carbonyl (C=O) groups excluding carboxylic acids is 1. The SMILES string of the molecule is CCc1nc2ccc(C(=O)OCc3nccn3C(F)F)cc2nc1CC. The Bertz CT molecular complexity index is 940. The largest absolute Gasteiger partial charge is 0.454 e. The van der Waals surface area contributed by atoms with Crippen molar-refractivity contribution in [2.45, 2.75) is 39.8 Å². The van der Waals surface area contributed by atoms with Gasteiger partial charge in [-0.2, -0.15) is 8.78 Å². The van der Waals surface area contributed by atoms with Gasteiger partial charge in [-0.15, -0.1) is 0 Å². The van der Waals surface area contributed by atoms with Crippen molar-refractivity contribution in [3.63, 3.8) is 0 Å². The zero-order valence-electron chi connectivity index (χ0n) is 14.4. The lowest BCUT2D eigenvalue weighted by Crippen LogP contribution is -2.10. The van der Waals surface area contributed by atoms with Gasteiger partial charge in [-0.05, 0) is 31.0 Å². The first-order valence-corrected chi connectivity index (χ1v) is 8.30. The summed E-state index contributed by atoms with van der Waals surface area (Å²) >= 11 is 0. The Hall–Kier alpha value is -2.90. The van der Waals surface area contributed by atoms with Gasteiger partial charge in [-0.3, -0.25) is 4.57 Å². The molecule has 2 heterocycles. The Morgan fingerprint density at radius 1 is 1.15 bits per heavy atom. The predicted octanol–water partition coefficient (Wildman–Crippen LogP) is 3.70. The van der Waals surface area contributed by atoms with Gasteiger partial charge in [-0.25, -0.2) is 19.7 Å². The summed E-state index contributed by atoms with van der Waals surface area (Å²) in [5.74, 6) is -0.648. The molecule has 0 N–H and O–H groups in total. The lowest BCUT2D eigenvalue weighted by atomic mass is 10.1. The number of alkyl halides is 2. The number of nitrogens with zero attached hydrogens (tertiary/aromatic N) is 4. The smallest absolute Gasteiger partial charge is 0.338 e. The number of fused-ring (bicyclic) bond motifs is 1. The fourth-order valence-corrected chi connectivity index (χ4v) is 2.67. The van der Waals surface area contributed by atoms with Gasteiger partial charge in [0.05, 0.1) is 28.0 Å². The minimum atomic E-state index is -2.73. The molecule has 3 rings (SSSR count). The summed E-state index contributed by atoms with van der Waals surface area (Å²) in [6, 6.07) is 4.89. The number of aryl methyl sites for hydroxylation is 2. The van der Waals surface area contributed by atoms with Gasteiger partial charge in [0.15, 0.2) is 5.82 Å². The molecule has 0 fully saturated rings. The van der Waals surface area contributed by atoms with Crippen LogP contribution in [0.5, 0.6) is 0 Å². The molecule has 0 radical (unpaired) electrons. The highest BCUT2D eigenvalue weighted by Crippen LogP contribution is 2.18. The lowest BCUT2D eigenvalue weighted by molar-refractivity contribution is 0.0376. The average molecular weight is 360 g/mol. The number of imidazole rings is 1. The Morgan fingerprint density at radius 2 is 1.85 bits per heavy atom. The molecule has 2 aromatic heterocycles. The molecule has 0 saturated heterocycles. The number of benzene rings is 1. The first-order valence-electron chi connectivity index (χ1n) is 8.30. The molecule has 1 aromatic carbocycles. The second-order valence-corrected chi connectivity index (χ2v) is 5.63. The summed E-state index contributed by atoms with van der Waals surface area (Å²) in [6.07, 6.45) is 3.90. The van der Waals surface area contributed by atoms with Gasteiger partial charge in [0.2, 0.25) is 0 Å². The molecule has 0 amide bonds. The highest BCUT2D eigenvalue weighted by molar-refractivity contribution is 5.93. The maximum Gasteiger partial charge on any atom is 0.338 e. The van der Waals surface area contributed by atoms with E-state index in [4.69, 9.17) is 4.74 Å². The van der Waals surface area contributed by atoms with E-state index in [0.717, 1.165) is 30.4 Å². The van der Waals surface area contributed by atoms with Crippen LogP contribution in [-0.4, -0.2) is 25.5 Å². The van der Waals surface area contributed by atoms with Crippen molar-refractivity contribution in [3.8, 4) is 0 Å². The molecule has 6 nitrogen and oxygen atoms in total. The summed E-state index contributed by atoms with van der Waals surface area (Å²) in [7, 11) is 0. The van der Waals surface area contributed by atoms with Crippen LogP contribution in [0, 0.1) is 0 Å². The van der Waals surface area contributed by atoms with Crippen LogP contribution in [-0.2, 0) is 24.2 Å². The second-order valence-electron chi connectivity index (χ2n) is 5.63. The number of rotatable bonds is 6. The van der Waals surface area contributed by atoms with Crippen LogP contribution in [0.25, 0.3) is 11.0 Å². The number of carbonyl (C=O) groups is 1. The molecule has 0 bridgehead atoms. The standard InChI is InChI=1S/C18H18F2N4O2/c1-3-12-13(4-2)23-15-9-11(5-6-14(15)22-12)17(25)26-10-16-21-7-8-24(16)18(19)20/h5-9,18H,3-4,10H2,1-2H3. The number of esters is 1. The molecular weight excluding hydrogens is 342 g/mol. The van der Waals surface area contributed by atoms with Crippen molar-refractivity contribution in [1.82, 2.24) is 19.5 Å². The second kappa shape index (κ2) is 7.55. The molecule has 8 heteroatoms. The molecule has 0 atom stereocenters. The van der Waals surface area contributed by atoms with E-state index in [1.807, 2.05) is 13.8 Å². The minimum absolute atomic E-state index is 0.0187. The maximum atomic E-state index is 12.8. The molecule has 0 unspecified atom stereocenters. The highest BCUT2D eigenvalue weighted by Gasteiger charge is 2.15. The van der Waals surface area contributed by atoms with Gasteiger partial charge in [0, 0.05) is 12.4 Å². The molecule has 0 spiro atoms. The van der Waals surface area contributed by atoms with Crippen LogP contribution in [0.3, 0.4) is 0 Å². The Labute approximate surface area is 148 Å². The zero-order valence-corrected chi connectivity index (χ0v) is 14.4. The first kappa shape index (κ1) is 17.9. The monoisotopic (exact) mass is 360 g/mol. The number of ether oxygens (including phenoxy) is 1.